The van der Waals surface area contributed by atoms with Crippen LogP contribution in [0.4, 0.5) is 11.4 Å². The summed E-state index contributed by atoms with van der Waals surface area (Å²) in [6.45, 7) is 6.30. The molecule has 2 rings (SSSR count). The van der Waals surface area contributed by atoms with E-state index >= 15 is 0 Å². The third-order valence-electron chi connectivity index (χ3n) is 3.67. The summed E-state index contributed by atoms with van der Waals surface area (Å²) in [5.41, 5.74) is 1.97. The predicted molar refractivity (Wildman–Crippen MR) is 105 cm³/mol. The van der Waals surface area contributed by atoms with Crippen molar-refractivity contribution in [3.05, 3.63) is 60.9 Å². The van der Waals surface area contributed by atoms with E-state index in [0.717, 1.165) is 42.8 Å². The fraction of sp³-hybridized carbons (Fsp3) is 0.333. The molecule has 0 fully saturated rings. The van der Waals surface area contributed by atoms with E-state index in [1.165, 1.54) is 0 Å². The quantitative estimate of drug-likeness (QED) is 0.226. The van der Waals surface area contributed by atoms with Crippen molar-refractivity contribution in [3.63, 3.8) is 0 Å². The second-order valence-electron chi connectivity index (χ2n) is 6.08. The van der Waals surface area contributed by atoms with Crippen molar-refractivity contribution in [2.75, 3.05) is 13.2 Å². The molecular formula is C21H25N3O3. The highest BCUT2D eigenvalue weighted by molar-refractivity contribution is 5.86. The van der Waals surface area contributed by atoms with Gasteiger partial charge in [0.1, 0.15) is 5.75 Å². The van der Waals surface area contributed by atoms with Crippen LogP contribution >= 0.6 is 0 Å². The van der Waals surface area contributed by atoms with Crippen LogP contribution in [-0.4, -0.2) is 24.2 Å². The summed E-state index contributed by atoms with van der Waals surface area (Å²) in [6, 6.07) is 11.1. The van der Waals surface area contributed by atoms with Crippen LogP contribution in [0.15, 0.2) is 71.2 Å². The molecule has 0 saturated heterocycles. The van der Waals surface area contributed by atoms with Crippen molar-refractivity contribution in [2.24, 2.45) is 10.2 Å². The number of unbranched alkanes of at least 4 members (excludes halogenated alkanes) is 3. The maximum atomic E-state index is 11.2. The van der Waals surface area contributed by atoms with Gasteiger partial charge in [0.25, 0.3) is 0 Å². The van der Waals surface area contributed by atoms with Gasteiger partial charge in [-0.15, -0.1) is 0 Å². The molecule has 0 saturated carbocycles. The van der Waals surface area contributed by atoms with Gasteiger partial charge in [0.15, 0.2) is 0 Å². The number of esters is 1. The zero-order valence-electron chi connectivity index (χ0n) is 15.6. The lowest BCUT2D eigenvalue weighted by atomic mass is 10.2. The van der Waals surface area contributed by atoms with E-state index in [-0.39, 0.29) is 5.97 Å². The first-order valence-electron chi connectivity index (χ1n) is 9.02. The van der Waals surface area contributed by atoms with Crippen LogP contribution in [0, 0.1) is 0 Å². The van der Waals surface area contributed by atoms with Gasteiger partial charge in [-0.1, -0.05) is 6.58 Å². The normalized spacial score (nSPS) is 10.7. The molecule has 1 heterocycles. The Morgan fingerprint density at radius 2 is 1.52 bits per heavy atom. The maximum absolute atomic E-state index is 11.2. The number of rotatable bonds is 11. The minimum Gasteiger partial charge on any atom is -0.494 e. The average molecular weight is 367 g/mol. The second-order valence-corrected chi connectivity index (χ2v) is 6.08. The summed E-state index contributed by atoms with van der Waals surface area (Å²) in [7, 11) is 0. The number of hydrogen-bond acceptors (Lipinski definition) is 6. The zero-order valence-corrected chi connectivity index (χ0v) is 15.6. The Kier molecular flexibility index (Phi) is 8.69. The first kappa shape index (κ1) is 20.3. The standard InChI is InChI=1S/C21H25N3O3/c1-17(2)21(25)27-16-6-4-3-5-15-26-20-9-7-18(8-10-20)23-24-19-11-13-22-14-12-19/h7-14H,1,3-6,15-16H2,2H3. The summed E-state index contributed by atoms with van der Waals surface area (Å²) in [4.78, 5) is 15.2. The third kappa shape index (κ3) is 8.27. The minimum atomic E-state index is -0.318. The van der Waals surface area contributed by atoms with Crippen LogP contribution in [0.2, 0.25) is 0 Å². The van der Waals surface area contributed by atoms with E-state index in [0.29, 0.717) is 18.8 Å². The van der Waals surface area contributed by atoms with Gasteiger partial charge in [0.05, 0.1) is 24.6 Å². The molecule has 1 aromatic carbocycles. The fourth-order valence-corrected chi connectivity index (χ4v) is 2.17. The second kappa shape index (κ2) is 11.6. The first-order chi connectivity index (χ1) is 13.1. The highest BCUT2D eigenvalue weighted by Crippen LogP contribution is 2.21. The molecule has 0 amide bonds. The van der Waals surface area contributed by atoms with Gasteiger partial charge in [-0.3, -0.25) is 4.98 Å². The molecule has 2 aromatic rings. The molecule has 0 atom stereocenters. The Hall–Kier alpha value is -3.02. The molecule has 0 aliphatic heterocycles. The van der Waals surface area contributed by atoms with Crippen LogP contribution in [0.3, 0.4) is 0 Å². The third-order valence-corrected chi connectivity index (χ3v) is 3.67. The molecule has 0 radical (unpaired) electrons. The molecule has 6 heteroatoms. The van der Waals surface area contributed by atoms with Crippen molar-refractivity contribution in [2.45, 2.75) is 32.6 Å². The van der Waals surface area contributed by atoms with Crippen LogP contribution in [0.5, 0.6) is 5.75 Å². The number of hydrogen-bond donors (Lipinski definition) is 0. The van der Waals surface area contributed by atoms with Crippen LogP contribution in [0.25, 0.3) is 0 Å². The van der Waals surface area contributed by atoms with E-state index in [1.807, 2.05) is 24.3 Å². The van der Waals surface area contributed by atoms with Crippen LogP contribution < -0.4 is 4.74 Å². The van der Waals surface area contributed by atoms with E-state index < -0.39 is 0 Å². The van der Waals surface area contributed by atoms with Crippen molar-refractivity contribution in [1.29, 1.82) is 0 Å². The highest BCUT2D eigenvalue weighted by atomic mass is 16.5. The number of carbonyl (C=O) groups excluding carboxylic acids is 1. The number of azo groups is 1. The van der Waals surface area contributed by atoms with Gasteiger partial charge >= 0.3 is 5.97 Å². The van der Waals surface area contributed by atoms with E-state index in [4.69, 9.17) is 9.47 Å². The Labute approximate surface area is 160 Å². The monoisotopic (exact) mass is 367 g/mol. The molecule has 0 aliphatic rings. The molecule has 0 aliphatic carbocycles. The van der Waals surface area contributed by atoms with Crippen LogP contribution in [0.1, 0.15) is 32.6 Å². The van der Waals surface area contributed by atoms with Crippen molar-refractivity contribution < 1.29 is 14.3 Å². The molecule has 1 aromatic heterocycles. The molecule has 27 heavy (non-hydrogen) atoms. The summed E-state index contributed by atoms with van der Waals surface area (Å²) in [5, 5.41) is 8.33. The Bertz CT molecular complexity index is 743. The van der Waals surface area contributed by atoms with Crippen molar-refractivity contribution in [3.8, 4) is 5.75 Å². The summed E-state index contributed by atoms with van der Waals surface area (Å²) < 4.78 is 10.8. The molecule has 0 bridgehead atoms. The minimum absolute atomic E-state index is 0.318. The Morgan fingerprint density at radius 3 is 2.15 bits per heavy atom. The number of aromatic nitrogens is 1. The SMILES string of the molecule is C=C(C)C(=O)OCCCCCCOc1ccc(N=Nc2ccncc2)cc1. The largest absolute Gasteiger partial charge is 0.494 e. The summed E-state index contributed by atoms with van der Waals surface area (Å²) in [5.74, 6) is 0.496. The lowest BCUT2D eigenvalue weighted by Crippen LogP contribution is -2.06. The first-order valence-corrected chi connectivity index (χ1v) is 9.02. The molecule has 6 nitrogen and oxygen atoms in total. The molecule has 0 N–H and O–H groups in total. The number of nitrogens with zero attached hydrogens (tertiary/aromatic N) is 3. The van der Waals surface area contributed by atoms with E-state index in [2.05, 4.69) is 21.8 Å². The van der Waals surface area contributed by atoms with Crippen molar-refractivity contribution in [1.82, 2.24) is 4.98 Å². The van der Waals surface area contributed by atoms with Gasteiger partial charge in [-0.25, -0.2) is 4.79 Å². The van der Waals surface area contributed by atoms with Crippen molar-refractivity contribution >= 4 is 17.3 Å². The Balaban J connectivity index is 1.58. The van der Waals surface area contributed by atoms with Gasteiger partial charge < -0.3 is 9.47 Å². The van der Waals surface area contributed by atoms with Gasteiger partial charge in [-0.2, -0.15) is 10.2 Å². The highest BCUT2D eigenvalue weighted by Gasteiger charge is 2.02. The van der Waals surface area contributed by atoms with Gasteiger partial charge in [-0.05, 0) is 69.0 Å². The molecule has 142 valence electrons. The van der Waals surface area contributed by atoms with E-state index in [9.17, 15) is 4.79 Å². The fourth-order valence-electron chi connectivity index (χ4n) is 2.17. The van der Waals surface area contributed by atoms with Gasteiger partial charge in [0.2, 0.25) is 0 Å². The lowest BCUT2D eigenvalue weighted by molar-refractivity contribution is -0.139. The number of benzene rings is 1. The molecular weight excluding hydrogens is 342 g/mol. The predicted octanol–water partition coefficient (Wildman–Crippen LogP) is 5.56. The van der Waals surface area contributed by atoms with Gasteiger partial charge in [0, 0.05) is 18.0 Å². The van der Waals surface area contributed by atoms with E-state index in [1.54, 1.807) is 31.5 Å². The lowest BCUT2D eigenvalue weighted by Gasteiger charge is -2.07. The number of carbonyl (C=O) groups is 1. The zero-order chi connectivity index (χ0) is 19.3. The maximum Gasteiger partial charge on any atom is 0.333 e. The van der Waals surface area contributed by atoms with Crippen LogP contribution in [-0.2, 0) is 9.53 Å². The summed E-state index contributed by atoms with van der Waals surface area (Å²) in [6.07, 6.45) is 7.21. The average Bonchev–Trinajstić information content (AvgIpc) is 2.69. The number of pyridine rings is 1. The summed E-state index contributed by atoms with van der Waals surface area (Å²) >= 11 is 0. The molecule has 0 spiro atoms. The molecule has 0 unspecified atom stereocenters. The topological polar surface area (TPSA) is 73.1 Å². The Morgan fingerprint density at radius 1 is 0.926 bits per heavy atom. The number of ether oxygens (including phenoxy) is 2. The smallest absolute Gasteiger partial charge is 0.333 e.